The molecule has 0 radical (unpaired) electrons. The van der Waals surface area contributed by atoms with Gasteiger partial charge in [0.1, 0.15) is 6.04 Å². The standard InChI is InChI=1S/C14H21NO3S/c1-10(6-11-4-5-19-9-11)15-8-12(17-2)7-13(15)14(16)18-3/h4-5,9-10,12-13H,6-8H2,1-3H3/t10-,12+,13+/m1/s1. The van der Waals surface area contributed by atoms with Crippen molar-refractivity contribution < 1.29 is 14.3 Å². The number of hydrogen-bond donors (Lipinski definition) is 0. The second-order valence-electron chi connectivity index (χ2n) is 5.01. The zero-order chi connectivity index (χ0) is 13.8. The lowest BCUT2D eigenvalue weighted by Gasteiger charge is -2.28. The van der Waals surface area contributed by atoms with Gasteiger partial charge in [0.2, 0.25) is 0 Å². The van der Waals surface area contributed by atoms with E-state index in [1.54, 1.807) is 18.4 Å². The molecule has 1 fully saturated rings. The van der Waals surface area contributed by atoms with Crippen molar-refractivity contribution in [3.63, 3.8) is 0 Å². The molecule has 1 saturated heterocycles. The molecule has 0 unspecified atom stereocenters. The van der Waals surface area contributed by atoms with Crippen LogP contribution in [-0.2, 0) is 20.7 Å². The van der Waals surface area contributed by atoms with Crippen LogP contribution in [-0.4, -0.2) is 49.8 Å². The van der Waals surface area contributed by atoms with E-state index >= 15 is 0 Å². The van der Waals surface area contributed by atoms with Crippen molar-refractivity contribution in [2.24, 2.45) is 0 Å². The van der Waals surface area contributed by atoms with Crippen LogP contribution in [0.2, 0.25) is 0 Å². The molecule has 1 aromatic rings. The molecule has 0 spiro atoms. The molecule has 3 atom stereocenters. The molecule has 1 aliphatic heterocycles. The molecule has 2 heterocycles. The number of thiophene rings is 1. The van der Waals surface area contributed by atoms with Gasteiger partial charge in [-0.05, 0) is 35.7 Å². The smallest absolute Gasteiger partial charge is 0.323 e. The highest BCUT2D eigenvalue weighted by Crippen LogP contribution is 2.25. The third kappa shape index (κ3) is 3.35. The fourth-order valence-electron chi connectivity index (χ4n) is 2.71. The summed E-state index contributed by atoms with van der Waals surface area (Å²) >= 11 is 1.71. The van der Waals surface area contributed by atoms with Gasteiger partial charge in [-0.15, -0.1) is 0 Å². The van der Waals surface area contributed by atoms with Crippen LogP contribution in [0.1, 0.15) is 18.9 Å². The lowest BCUT2D eigenvalue weighted by molar-refractivity contribution is -0.146. The molecule has 4 nitrogen and oxygen atoms in total. The van der Waals surface area contributed by atoms with Gasteiger partial charge in [0.15, 0.2) is 0 Å². The molecular formula is C14H21NO3S. The Morgan fingerprint density at radius 1 is 1.58 bits per heavy atom. The number of carbonyl (C=O) groups is 1. The number of rotatable bonds is 5. The quantitative estimate of drug-likeness (QED) is 0.774. The summed E-state index contributed by atoms with van der Waals surface area (Å²) in [6.07, 6.45) is 1.79. The van der Waals surface area contributed by atoms with Crippen LogP contribution in [0.5, 0.6) is 0 Å². The summed E-state index contributed by atoms with van der Waals surface area (Å²) in [5.41, 5.74) is 1.32. The molecule has 0 N–H and O–H groups in total. The minimum Gasteiger partial charge on any atom is -0.468 e. The normalized spacial score (nSPS) is 25.4. The van der Waals surface area contributed by atoms with Crippen LogP contribution in [0.3, 0.4) is 0 Å². The highest BCUT2D eigenvalue weighted by atomic mass is 32.1. The summed E-state index contributed by atoms with van der Waals surface area (Å²) in [5, 5.41) is 4.25. The molecule has 0 aromatic carbocycles. The first-order valence-corrected chi connectivity index (χ1v) is 7.47. The van der Waals surface area contributed by atoms with Crippen LogP contribution >= 0.6 is 11.3 Å². The van der Waals surface area contributed by atoms with E-state index in [2.05, 4.69) is 28.7 Å². The SMILES string of the molecule is COC(=O)[C@@H]1C[C@H](OC)CN1[C@H](C)Cc1ccsc1. The molecular weight excluding hydrogens is 262 g/mol. The topological polar surface area (TPSA) is 38.8 Å². The Hall–Kier alpha value is -0.910. The summed E-state index contributed by atoms with van der Waals surface area (Å²) in [6.45, 7) is 2.95. The molecule has 19 heavy (non-hydrogen) atoms. The number of esters is 1. The van der Waals surface area contributed by atoms with Crippen LogP contribution in [0.25, 0.3) is 0 Å². The van der Waals surface area contributed by atoms with Crippen LogP contribution < -0.4 is 0 Å². The Morgan fingerprint density at radius 2 is 2.37 bits per heavy atom. The first-order valence-electron chi connectivity index (χ1n) is 6.53. The predicted octanol–water partition coefficient (Wildman–Crippen LogP) is 1.94. The maximum atomic E-state index is 11.9. The van der Waals surface area contributed by atoms with E-state index in [0.717, 1.165) is 19.4 Å². The van der Waals surface area contributed by atoms with E-state index < -0.39 is 0 Å². The van der Waals surface area contributed by atoms with Gasteiger partial charge in [-0.25, -0.2) is 0 Å². The Morgan fingerprint density at radius 3 is 2.95 bits per heavy atom. The zero-order valence-electron chi connectivity index (χ0n) is 11.7. The maximum absolute atomic E-state index is 11.9. The molecule has 1 aromatic heterocycles. The molecule has 106 valence electrons. The highest BCUT2D eigenvalue weighted by molar-refractivity contribution is 7.07. The minimum absolute atomic E-state index is 0.119. The van der Waals surface area contributed by atoms with Crippen molar-refractivity contribution in [1.82, 2.24) is 4.90 Å². The van der Waals surface area contributed by atoms with Crippen LogP contribution in [0, 0.1) is 0 Å². The second-order valence-corrected chi connectivity index (χ2v) is 5.79. The van der Waals surface area contributed by atoms with Gasteiger partial charge in [0.05, 0.1) is 13.2 Å². The Labute approximate surface area is 118 Å². The second kappa shape index (κ2) is 6.50. The van der Waals surface area contributed by atoms with E-state index in [-0.39, 0.29) is 18.1 Å². The first kappa shape index (κ1) is 14.5. The summed E-state index contributed by atoms with van der Waals surface area (Å²) in [6, 6.07) is 2.26. The average molecular weight is 283 g/mol. The number of methoxy groups -OCH3 is 2. The van der Waals surface area contributed by atoms with Crippen molar-refractivity contribution >= 4 is 17.3 Å². The van der Waals surface area contributed by atoms with Crippen LogP contribution in [0.4, 0.5) is 0 Å². The fraction of sp³-hybridized carbons (Fsp3) is 0.643. The van der Waals surface area contributed by atoms with E-state index in [1.807, 2.05) is 0 Å². The van der Waals surface area contributed by atoms with E-state index in [4.69, 9.17) is 9.47 Å². The number of hydrogen-bond acceptors (Lipinski definition) is 5. The molecule has 0 aliphatic carbocycles. The molecule has 2 rings (SSSR count). The van der Waals surface area contributed by atoms with Crippen molar-refractivity contribution in [2.45, 2.75) is 38.0 Å². The van der Waals surface area contributed by atoms with Crippen molar-refractivity contribution in [3.05, 3.63) is 22.4 Å². The van der Waals surface area contributed by atoms with Gasteiger partial charge in [0.25, 0.3) is 0 Å². The third-order valence-corrected chi connectivity index (χ3v) is 4.52. The summed E-state index contributed by atoms with van der Waals surface area (Å²) in [4.78, 5) is 14.1. The summed E-state index contributed by atoms with van der Waals surface area (Å²) in [5.74, 6) is -0.156. The average Bonchev–Trinajstić information content (AvgIpc) is 3.06. The van der Waals surface area contributed by atoms with Gasteiger partial charge in [0, 0.05) is 26.1 Å². The fourth-order valence-corrected chi connectivity index (χ4v) is 3.40. The van der Waals surface area contributed by atoms with E-state index in [9.17, 15) is 4.79 Å². The Balaban J connectivity index is 2.04. The summed E-state index contributed by atoms with van der Waals surface area (Å²) < 4.78 is 10.3. The van der Waals surface area contributed by atoms with Crippen molar-refractivity contribution in [2.75, 3.05) is 20.8 Å². The van der Waals surface area contributed by atoms with E-state index in [1.165, 1.54) is 12.7 Å². The number of likely N-dealkylation sites (tertiary alicyclic amines) is 1. The molecule has 0 saturated carbocycles. The highest BCUT2D eigenvalue weighted by Gasteiger charge is 2.39. The number of ether oxygens (including phenoxy) is 2. The van der Waals surface area contributed by atoms with Crippen molar-refractivity contribution in [1.29, 1.82) is 0 Å². The predicted molar refractivity (Wildman–Crippen MR) is 75.4 cm³/mol. The van der Waals surface area contributed by atoms with Gasteiger partial charge in [-0.3, -0.25) is 9.69 Å². The van der Waals surface area contributed by atoms with Gasteiger partial charge in [-0.1, -0.05) is 0 Å². The number of carbonyl (C=O) groups excluding carboxylic acids is 1. The minimum atomic E-state index is -0.177. The lowest BCUT2D eigenvalue weighted by atomic mass is 10.1. The Bertz CT molecular complexity index is 407. The van der Waals surface area contributed by atoms with E-state index in [0.29, 0.717) is 6.04 Å². The molecule has 0 amide bonds. The van der Waals surface area contributed by atoms with Crippen molar-refractivity contribution in [3.8, 4) is 0 Å². The van der Waals surface area contributed by atoms with Gasteiger partial charge >= 0.3 is 5.97 Å². The third-order valence-electron chi connectivity index (χ3n) is 3.78. The largest absolute Gasteiger partial charge is 0.468 e. The number of nitrogens with zero attached hydrogens (tertiary/aromatic N) is 1. The van der Waals surface area contributed by atoms with Gasteiger partial charge in [-0.2, -0.15) is 11.3 Å². The summed E-state index contributed by atoms with van der Waals surface area (Å²) in [7, 11) is 3.15. The van der Waals surface area contributed by atoms with Gasteiger partial charge < -0.3 is 9.47 Å². The Kier molecular flexibility index (Phi) is 4.96. The monoisotopic (exact) mass is 283 g/mol. The van der Waals surface area contributed by atoms with Crippen LogP contribution in [0.15, 0.2) is 16.8 Å². The first-order chi connectivity index (χ1) is 9.15. The molecule has 1 aliphatic rings. The lowest BCUT2D eigenvalue weighted by Crippen LogP contribution is -2.43. The molecule has 0 bridgehead atoms. The maximum Gasteiger partial charge on any atom is 0.323 e. The molecule has 5 heteroatoms. The zero-order valence-corrected chi connectivity index (χ0v) is 12.5.